The first kappa shape index (κ1) is 17.0. The largest absolute Gasteiger partial charge is 0.481 e. The lowest BCUT2D eigenvalue weighted by molar-refractivity contribution is -0.146. The van der Waals surface area contributed by atoms with Gasteiger partial charge in [0.1, 0.15) is 0 Å². The van der Waals surface area contributed by atoms with Crippen LogP contribution in [-0.4, -0.2) is 47.4 Å². The van der Waals surface area contributed by atoms with Gasteiger partial charge in [0.05, 0.1) is 5.41 Å². The number of aliphatic carboxylic acids is 1. The molecule has 1 aromatic carbocycles. The number of carboxylic acids is 1. The number of thioether (sulfide) groups is 1. The van der Waals surface area contributed by atoms with E-state index >= 15 is 0 Å². The van der Waals surface area contributed by atoms with Crippen LogP contribution >= 0.6 is 23.4 Å². The van der Waals surface area contributed by atoms with E-state index in [1.54, 1.807) is 23.6 Å². The van der Waals surface area contributed by atoms with Crippen molar-refractivity contribution in [2.24, 2.45) is 5.41 Å². The van der Waals surface area contributed by atoms with Crippen LogP contribution in [0.2, 0.25) is 5.02 Å². The van der Waals surface area contributed by atoms with Crippen molar-refractivity contribution in [3.8, 4) is 0 Å². The van der Waals surface area contributed by atoms with E-state index in [9.17, 15) is 9.59 Å². The quantitative estimate of drug-likeness (QED) is 0.637. The molecule has 1 fully saturated rings. The number of hydrogen-bond donors (Lipinski definition) is 2. The van der Waals surface area contributed by atoms with Gasteiger partial charge in [-0.3, -0.25) is 4.79 Å². The van der Waals surface area contributed by atoms with Gasteiger partial charge in [0, 0.05) is 35.3 Å². The third kappa shape index (κ3) is 4.30. The number of halogens is 1. The minimum absolute atomic E-state index is 0.193. The molecule has 1 heterocycles. The molecule has 1 aromatic rings. The molecule has 22 heavy (non-hydrogen) atoms. The minimum Gasteiger partial charge on any atom is -0.481 e. The molecular weight excluding hydrogens is 324 g/mol. The van der Waals surface area contributed by atoms with Crippen molar-refractivity contribution in [3.05, 3.63) is 29.3 Å². The molecule has 5 nitrogen and oxygen atoms in total. The Hall–Kier alpha value is -1.40. The number of amides is 2. The molecule has 1 saturated heterocycles. The maximum Gasteiger partial charge on any atom is 0.317 e. The highest BCUT2D eigenvalue weighted by Crippen LogP contribution is 2.30. The lowest BCUT2D eigenvalue weighted by Gasteiger charge is -2.20. The molecule has 2 N–H and O–H groups in total. The highest BCUT2D eigenvalue weighted by atomic mass is 35.5. The van der Waals surface area contributed by atoms with Gasteiger partial charge in [-0.15, -0.1) is 11.8 Å². The average Bonchev–Trinajstić information content (AvgIpc) is 2.89. The highest BCUT2D eigenvalue weighted by Gasteiger charge is 2.42. The van der Waals surface area contributed by atoms with Crippen LogP contribution in [0.25, 0.3) is 0 Å². The average molecular weight is 343 g/mol. The molecule has 0 spiro atoms. The Morgan fingerprint density at radius 2 is 2.09 bits per heavy atom. The Labute approximate surface area is 139 Å². The summed E-state index contributed by atoms with van der Waals surface area (Å²) in [5.74, 6) is -0.0988. The maximum atomic E-state index is 12.0. The summed E-state index contributed by atoms with van der Waals surface area (Å²) in [4.78, 5) is 25.8. The van der Waals surface area contributed by atoms with E-state index in [2.05, 4.69) is 5.32 Å². The first-order valence-electron chi connectivity index (χ1n) is 7.05. The molecule has 1 unspecified atom stereocenters. The van der Waals surface area contributed by atoms with Gasteiger partial charge >= 0.3 is 12.0 Å². The van der Waals surface area contributed by atoms with Crippen molar-refractivity contribution in [2.45, 2.75) is 18.2 Å². The Morgan fingerprint density at radius 1 is 1.41 bits per heavy atom. The first-order valence-corrected chi connectivity index (χ1v) is 8.42. The molecule has 0 saturated carbocycles. The predicted molar refractivity (Wildman–Crippen MR) is 87.5 cm³/mol. The van der Waals surface area contributed by atoms with E-state index in [4.69, 9.17) is 16.7 Å². The first-order chi connectivity index (χ1) is 10.4. The smallest absolute Gasteiger partial charge is 0.317 e. The van der Waals surface area contributed by atoms with Gasteiger partial charge in [0.15, 0.2) is 0 Å². The summed E-state index contributed by atoms with van der Waals surface area (Å²) >= 11 is 7.45. The molecular formula is C15H19ClN2O3S. The third-order valence-corrected chi connectivity index (χ3v) is 5.00. The molecule has 1 atom stereocenters. The number of carbonyl (C=O) groups excluding carboxylic acids is 1. The zero-order chi connectivity index (χ0) is 16.2. The van der Waals surface area contributed by atoms with Gasteiger partial charge in [-0.05, 0) is 37.6 Å². The number of likely N-dealkylation sites (tertiary alicyclic amines) is 1. The molecule has 0 radical (unpaired) electrons. The van der Waals surface area contributed by atoms with E-state index in [-0.39, 0.29) is 12.6 Å². The minimum atomic E-state index is -0.846. The van der Waals surface area contributed by atoms with Crippen molar-refractivity contribution >= 4 is 35.4 Å². The number of nitrogens with one attached hydrogen (secondary N) is 1. The molecule has 7 heteroatoms. The summed E-state index contributed by atoms with van der Waals surface area (Å²) in [6.45, 7) is 2.96. The van der Waals surface area contributed by atoms with Gasteiger partial charge in [-0.2, -0.15) is 0 Å². The second-order valence-electron chi connectivity index (χ2n) is 5.57. The van der Waals surface area contributed by atoms with E-state index in [1.807, 2.05) is 24.3 Å². The van der Waals surface area contributed by atoms with E-state index in [0.29, 0.717) is 24.5 Å². The van der Waals surface area contributed by atoms with E-state index in [1.165, 1.54) is 0 Å². The second kappa shape index (κ2) is 7.24. The fourth-order valence-corrected chi connectivity index (χ4v) is 3.17. The summed E-state index contributed by atoms with van der Waals surface area (Å²) in [6.07, 6.45) is 0.495. The monoisotopic (exact) mass is 342 g/mol. The zero-order valence-electron chi connectivity index (χ0n) is 12.3. The summed E-state index contributed by atoms with van der Waals surface area (Å²) in [5.41, 5.74) is -0.824. The molecule has 2 amide bonds. The normalized spacial score (nSPS) is 20.9. The Morgan fingerprint density at radius 3 is 2.68 bits per heavy atom. The van der Waals surface area contributed by atoms with Crippen LogP contribution in [0.5, 0.6) is 0 Å². The van der Waals surface area contributed by atoms with Gasteiger partial charge < -0.3 is 15.3 Å². The summed E-state index contributed by atoms with van der Waals surface area (Å²) in [6, 6.07) is 7.35. The number of rotatable bonds is 5. The number of nitrogens with zero attached hydrogens (tertiary/aromatic N) is 1. The molecule has 2 rings (SSSR count). The fraction of sp³-hybridized carbons (Fsp3) is 0.467. The van der Waals surface area contributed by atoms with Gasteiger partial charge in [-0.25, -0.2) is 4.79 Å². The van der Waals surface area contributed by atoms with Crippen molar-refractivity contribution in [1.82, 2.24) is 10.2 Å². The SMILES string of the molecule is CC1(C(=O)O)CCN(C(=O)NCCSc2ccc(Cl)cc2)C1. The Balaban J connectivity index is 1.70. The molecule has 0 aromatic heterocycles. The molecule has 0 bridgehead atoms. The lowest BCUT2D eigenvalue weighted by atomic mass is 9.90. The van der Waals surface area contributed by atoms with Crippen molar-refractivity contribution in [3.63, 3.8) is 0 Å². The van der Waals surface area contributed by atoms with Crippen LogP contribution in [0.1, 0.15) is 13.3 Å². The number of carboxylic acid groups (broad SMARTS) is 1. The van der Waals surface area contributed by atoms with Gasteiger partial charge in [0.2, 0.25) is 0 Å². The molecule has 0 aliphatic carbocycles. The van der Waals surface area contributed by atoms with Crippen LogP contribution in [-0.2, 0) is 4.79 Å². The predicted octanol–water partition coefficient (Wildman–Crippen LogP) is 2.94. The topological polar surface area (TPSA) is 69.6 Å². The zero-order valence-corrected chi connectivity index (χ0v) is 13.9. The van der Waals surface area contributed by atoms with Crippen LogP contribution in [0.15, 0.2) is 29.2 Å². The van der Waals surface area contributed by atoms with Gasteiger partial charge in [0.25, 0.3) is 0 Å². The number of hydrogen-bond acceptors (Lipinski definition) is 3. The van der Waals surface area contributed by atoms with Crippen molar-refractivity contribution in [2.75, 3.05) is 25.4 Å². The van der Waals surface area contributed by atoms with Crippen molar-refractivity contribution in [1.29, 1.82) is 0 Å². The molecule has 1 aliphatic heterocycles. The van der Waals surface area contributed by atoms with Crippen LogP contribution in [0.4, 0.5) is 4.79 Å². The Bertz CT molecular complexity index is 552. The summed E-state index contributed by atoms with van der Waals surface area (Å²) in [7, 11) is 0. The highest BCUT2D eigenvalue weighted by molar-refractivity contribution is 7.99. The van der Waals surface area contributed by atoms with Crippen molar-refractivity contribution < 1.29 is 14.7 Å². The number of urea groups is 1. The number of carbonyl (C=O) groups is 2. The second-order valence-corrected chi connectivity index (χ2v) is 7.18. The fourth-order valence-electron chi connectivity index (χ4n) is 2.28. The van der Waals surface area contributed by atoms with Crippen LogP contribution in [0.3, 0.4) is 0 Å². The van der Waals surface area contributed by atoms with E-state index in [0.717, 1.165) is 10.6 Å². The Kier molecular flexibility index (Phi) is 5.58. The summed E-state index contributed by atoms with van der Waals surface area (Å²) < 4.78 is 0. The molecule has 1 aliphatic rings. The van der Waals surface area contributed by atoms with Crippen LogP contribution < -0.4 is 5.32 Å². The standard InChI is InChI=1S/C15H19ClN2O3S/c1-15(13(19)20)6-8-18(10-15)14(21)17-7-9-22-12-4-2-11(16)3-5-12/h2-5H,6-10H2,1H3,(H,17,21)(H,19,20). The summed E-state index contributed by atoms with van der Waals surface area (Å²) in [5, 5.41) is 12.7. The molecule has 120 valence electrons. The lowest BCUT2D eigenvalue weighted by Crippen LogP contribution is -2.41. The maximum absolute atomic E-state index is 12.0. The van der Waals surface area contributed by atoms with E-state index < -0.39 is 11.4 Å². The number of benzene rings is 1. The third-order valence-electron chi connectivity index (χ3n) is 3.74. The van der Waals surface area contributed by atoms with Gasteiger partial charge in [-0.1, -0.05) is 11.6 Å². The van der Waals surface area contributed by atoms with Crippen LogP contribution in [0, 0.1) is 5.41 Å².